The van der Waals surface area contributed by atoms with Gasteiger partial charge in [-0.1, -0.05) is 115 Å². The van der Waals surface area contributed by atoms with E-state index in [1.807, 2.05) is 6.07 Å². The third-order valence-electron chi connectivity index (χ3n) is 11.4. The lowest BCUT2D eigenvalue weighted by atomic mass is 9.67. The first-order valence-corrected chi connectivity index (χ1v) is 19.3. The molecule has 0 saturated heterocycles. The highest BCUT2D eigenvalue weighted by Gasteiger charge is 2.46. The van der Waals surface area contributed by atoms with Gasteiger partial charge in [0.2, 0.25) is 11.8 Å². The summed E-state index contributed by atoms with van der Waals surface area (Å²) in [6.45, 7) is 0. The molecule has 274 valence electrons. The van der Waals surface area contributed by atoms with Gasteiger partial charge in [-0.25, -0.2) is 9.97 Å². The first-order chi connectivity index (χ1) is 29.1. The molecule has 6 heteroatoms. The van der Waals surface area contributed by atoms with Gasteiger partial charge < -0.3 is 8.83 Å². The van der Waals surface area contributed by atoms with Crippen LogP contribution >= 0.6 is 0 Å². The zero-order valence-corrected chi connectivity index (χ0v) is 31.4. The van der Waals surface area contributed by atoms with Crippen LogP contribution in [0, 0.1) is 22.7 Å². The predicted molar refractivity (Wildman–Crippen MR) is 230 cm³/mol. The van der Waals surface area contributed by atoms with Crippen molar-refractivity contribution in [3.8, 4) is 68.4 Å². The first-order valence-electron chi connectivity index (χ1n) is 19.3. The summed E-state index contributed by atoms with van der Waals surface area (Å²) in [6.07, 6.45) is 0. The summed E-state index contributed by atoms with van der Waals surface area (Å²) in [4.78, 5) is 9.60. The van der Waals surface area contributed by atoms with Crippen LogP contribution in [-0.2, 0) is 5.41 Å². The molecule has 0 atom stereocenters. The van der Waals surface area contributed by atoms with Crippen LogP contribution in [0.15, 0.2) is 191 Å². The number of nitriles is 2. The third-order valence-corrected chi connectivity index (χ3v) is 11.4. The van der Waals surface area contributed by atoms with E-state index in [4.69, 9.17) is 18.8 Å². The fourth-order valence-electron chi connectivity index (χ4n) is 8.78. The van der Waals surface area contributed by atoms with Gasteiger partial charge in [0.1, 0.15) is 11.0 Å². The second-order valence-electron chi connectivity index (χ2n) is 14.8. The van der Waals surface area contributed by atoms with E-state index in [1.165, 1.54) is 33.4 Å². The van der Waals surface area contributed by atoms with Crippen molar-refractivity contribution in [3.05, 3.63) is 215 Å². The van der Waals surface area contributed by atoms with Gasteiger partial charge in [-0.15, -0.1) is 0 Å². The largest absolute Gasteiger partial charge is 0.436 e. The maximum absolute atomic E-state index is 9.52. The topological polar surface area (TPSA) is 99.6 Å². The summed E-state index contributed by atoms with van der Waals surface area (Å²) in [5.41, 5.74) is 15.8. The number of benzene rings is 8. The average Bonchev–Trinajstić information content (AvgIpc) is 4.02. The number of rotatable bonds is 6. The van der Waals surface area contributed by atoms with Crippen LogP contribution in [0.3, 0.4) is 0 Å². The maximum atomic E-state index is 9.52. The Bertz CT molecular complexity index is 3220. The number of nitrogens with zero attached hydrogens (tertiary/aromatic N) is 4. The fourth-order valence-corrected chi connectivity index (χ4v) is 8.78. The van der Waals surface area contributed by atoms with Crippen molar-refractivity contribution in [2.24, 2.45) is 0 Å². The summed E-state index contributed by atoms with van der Waals surface area (Å²) in [6, 6.07) is 66.8. The van der Waals surface area contributed by atoms with E-state index in [2.05, 4.69) is 152 Å². The van der Waals surface area contributed by atoms with Gasteiger partial charge in [-0.05, 0) is 122 Å². The Morgan fingerprint density at radius 1 is 0.390 bits per heavy atom. The first kappa shape index (κ1) is 34.0. The molecule has 11 rings (SSSR count). The second-order valence-corrected chi connectivity index (χ2v) is 14.8. The van der Waals surface area contributed by atoms with Crippen molar-refractivity contribution < 1.29 is 8.83 Å². The van der Waals surface area contributed by atoms with Gasteiger partial charge in [0.25, 0.3) is 0 Å². The monoisotopic (exact) mass is 754 g/mol. The van der Waals surface area contributed by atoms with E-state index in [0.717, 1.165) is 33.4 Å². The zero-order chi connectivity index (χ0) is 39.5. The summed E-state index contributed by atoms with van der Waals surface area (Å²) in [7, 11) is 0. The van der Waals surface area contributed by atoms with Crippen molar-refractivity contribution in [3.63, 3.8) is 0 Å². The number of hydrogen-bond donors (Lipinski definition) is 0. The second kappa shape index (κ2) is 13.4. The van der Waals surface area contributed by atoms with E-state index in [-0.39, 0.29) is 0 Å². The molecule has 0 radical (unpaired) electrons. The van der Waals surface area contributed by atoms with E-state index in [9.17, 15) is 10.5 Å². The molecule has 1 aliphatic rings. The van der Waals surface area contributed by atoms with Gasteiger partial charge in [0.15, 0.2) is 11.2 Å². The number of aromatic nitrogens is 2. The molecule has 0 saturated carbocycles. The molecule has 2 aromatic heterocycles. The summed E-state index contributed by atoms with van der Waals surface area (Å²) < 4.78 is 12.5. The highest BCUT2D eigenvalue weighted by Crippen LogP contribution is 2.56. The summed E-state index contributed by atoms with van der Waals surface area (Å²) in [5.74, 6) is 0.821. The molecule has 10 aromatic rings. The van der Waals surface area contributed by atoms with Crippen molar-refractivity contribution in [1.29, 1.82) is 10.5 Å². The van der Waals surface area contributed by atoms with E-state index >= 15 is 0 Å². The van der Waals surface area contributed by atoms with Crippen LogP contribution in [0.5, 0.6) is 0 Å². The van der Waals surface area contributed by atoms with Gasteiger partial charge in [-0.3, -0.25) is 0 Å². The van der Waals surface area contributed by atoms with Gasteiger partial charge in [-0.2, -0.15) is 10.5 Å². The van der Waals surface area contributed by atoms with Crippen molar-refractivity contribution in [2.75, 3.05) is 0 Å². The predicted octanol–water partition coefficient (Wildman–Crippen LogP) is 12.7. The average molecular weight is 755 g/mol. The minimum Gasteiger partial charge on any atom is -0.436 e. The lowest BCUT2D eigenvalue weighted by molar-refractivity contribution is 0.617. The van der Waals surface area contributed by atoms with Crippen molar-refractivity contribution in [2.45, 2.75) is 5.41 Å². The molecule has 0 aliphatic heterocycles. The molecule has 0 fully saturated rings. The molecule has 8 aromatic carbocycles. The quantitative estimate of drug-likeness (QED) is 0.168. The standard InChI is InChI=1S/C53H30N4O2/c54-31-33-18-22-49-47(24-33)56-51(58-49)39-27-38(28-40(29-39)52-57-48-25-34(32-55)19-23-50(48)59-52)36-11-9-10-35(26-36)37-20-21-44-43-16-7-8-17-45(43)53(46(44)30-37,41-12-3-1-4-13-41)42-14-5-2-6-15-42/h1-30H. The molecule has 59 heavy (non-hydrogen) atoms. The highest BCUT2D eigenvalue weighted by molar-refractivity contribution is 5.89. The zero-order valence-electron chi connectivity index (χ0n) is 31.4. The van der Waals surface area contributed by atoms with E-state index in [1.54, 1.807) is 36.4 Å². The Balaban J connectivity index is 1.08. The third kappa shape index (κ3) is 5.47. The molecular formula is C53H30N4O2. The molecule has 2 heterocycles. The Labute approximate surface area is 339 Å². The molecule has 1 aliphatic carbocycles. The van der Waals surface area contributed by atoms with Crippen molar-refractivity contribution >= 4 is 22.2 Å². The van der Waals surface area contributed by atoms with Crippen LogP contribution in [0.25, 0.3) is 78.5 Å². The molecule has 0 unspecified atom stereocenters. The van der Waals surface area contributed by atoms with E-state index in [0.29, 0.717) is 45.1 Å². The number of fused-ring (bicyclic) bond motifs is 5. The Morgan fingerprint density at radius 2 is 0.881 bits per heavy atom. The lowest BCUT2D eigenvalue weighted by Gasteiger charge is -2.34. The minimum atomic E-state index is -0.507. The fraction of sp³-hybridized carbons (Fsp3) is 0.0189. The number of hydrogen-bond acceptors (Lipinski definition) is 6. The van der Waals surface area contributed by atoms with Crippen LogP contribution in [0.1, 0.15) is 33.4 Å². The lowest BCUT2D eigenvalue weighted by Crippen LogP contribution is -2.28. The Morgan fingerprint density at radius 3 is 1.47 bits per heavy atom. The minimum absolute atomic E-state index is 0.411. The molecule has 0 bridgehead atoms. The van der Waals surface area contributed by atoms with Gasteiger partial charge >= 0.3 is 0 Å². The SMILES string of the molecule is N#Cc1ccc2oc(-c3cc(-c4cccc(-c5ccc6c(c5)C(c5ccccc5)(c5ccccc5)c5ccccc5-6)c4)cc(-c4nc5cc(C#N)ccc5o4)c3)nc2c1. The van der Waals surface area contributed by atoms with Crippen molar-refractivity contribution in [1.82, 2.24) is 9.97 Å². The normalized spacial score (nSPS) is 12.5. The van der Waals surface area contributed by atoms with Gasteiger partial charge in [0.05, 0.1) is 28.7 Å². The van der Waals surface area contributed by atoms with Crippen LogP contribution in [0.2, 0.25) is 0 Å². The van der Waals surface area contributed by atoms with Crippen LogP contribution in [0.4, 0.5) is 0 Å². The molecule has 6 nitrogen and oxygen atoms in total. The molecule has 0 N–H and O–H groups in total. The van der Waals surface area contributed by atoms with Crippen LogP contribution in [-0.4, -0.2) is 9.97 Å². The smallest absolute Gasteiger partial charge is 0.227 e. The highest BCUT2D eigenvalue weighted by atomic mass is 16.4. The number of oxazole rings is 2. The maximum Gasteiger partial charge on any atom is 0.227 e. The van der Waals surface area contributed by atoms with Crippen LogP contribution < -0.4 is 0 Å². The summed E-state index contributed by atoms with van der Waals surface area (Å²) >= 11 is 0. The molecule has 0 spiro atoms. The Kier molecular flexibility index (Phi) is 7.72. The Hall–Kier alpha value is -8.32. The van der Waals surface area contributed by atoms with Gasteiger partial charge in [0, 0.05) is 11.1 Å². The summed E-state index contributed by atoms with van der Waals surface area (Å²) in [5, 5.41) is 19.0. The molecule has 0 amide bonds. The molecular weight excluding hydrogens is 725 g/mol. The van der Waals surface area contributed by atoms with E-state index < -0.39 is 5.41 Å².